The number of hydrogen-bond acceptors (Lipinski definition) is 2. The molecule has 118 valence electrons. The summed E-state index contributed by atoms with van der Waals surface area (Å²) < 4.78 is 5.33. The first-order chi connectivity index (χ1) is 10.6. The van der Waals surface area contributed by atoms with E-state index in [1.54, 1.807) is 0 Å². The Labute approximate surface area is 134 Å². The lowest BCUT2D eigenvalue weighted by atomic mass is 10.1. The van der Waals surface area contributed by atoms with Gasteiger partial charge in [-0.25, -0.2) is 4.79 Å². The van der Waals surface area contributed by atoms with Crippen molar-refractivity contribution in [3.05, 3.63) is 42.0 Å². The molecule has 2 aromatic carbocycles. The highest BCUT2D eigenvalue weighted by Crippen LogP contribution is 2.25. The van der Waals surface area contributed by atoms with E-state index >= 15 is 0 Å². The predicted molar refractivity (Wildman–Crippen MR) is 96.7 cm³/mol. The fourth-order valence-corrected chi connectivity index (χ4v) is 7.23. The molecule has 3 heteroatoms. The molecule has 0 aliphatic carbocycles. The molecular formula is C19H26O2Si. The van der Waals surface area contributed by atoms with Crippen molar-refractivity contribution in [1.82, 2.24) is 0 Å². The van der Waals surface area contributed by atoms with Crippen molar-refractivity contribution in [1.29, 1.82) is 0 Å². The third-order valence-corrected chi connectivity index (χ3v) is 10.6. The van der Waals surface area contributed by atoms with Crippen molar-refractivity contribution in [2.75, 3.05) is 6.61 Å². The van der Waals surface area contributed by atoms with E-state index in [2.05, 4.69) is 45.0 Å². The summed E-state index contributed by atoms with van der Waals surface area (Å²) in [7, 11) is -1.65. The lowest BCUT2D eigenvalue weighted by Crippen LogP contribution is -2.48. The lowest BCUT2D eigenvalue weighted by molar-refractivity contribution is 0.0528. The van der Waals surface area contributed by atoms with Crippen molar-refractivity contribution in [3.8, 4) is 0 Å². The van der Waals surface area contributed by atoms with E-state index in [0.29, 0.717) is 6.61 Å². The highest BCUT2D eigenvalue weighted by Gasteiger charge is 2.33. The zero-order valence-electron chi connectivity index (χ0n) is 14.1. The van der Waals surface area contributed by atoms with Crippen molar-refractivity contribution >= 4 is 30.0 Å². The van der Waals surface area contributed by atoms with Gasteiger partial charge in [-0.05, 0) is 28.9 Å². The van der Waals surface area contributed by atoms with Gasteiger partial charge in [-0.1, -0.05) is 69.2 Å². The zero-order valence-corrected chi connectivity index (χ0v) is 15.1. The molecule has 0 fully saturated rings. The Morgan fingerprint density at radius 1 is 0.955 bits per heavy atom. The van der Waals surface area contributed by atoms with Crippen LogP contribution in [0.5, 0.6) is 0 Å². The van der Waals surface area contributed by atoms with E-state index in [4.69, 9.17) is 4.74 Å². The van der Waals surface area contributed by atoms with E-state index in [1.165, 1.54) is 10.6 Å². The molecule has 0 saturated carbocycles. The number of esters is 1. The van der Waals surface area contributed by atoms with Crippen LogP contribution in [-0.4, -0.2) is 20.7 Å². The van der Waals surface area contributed by atoms with Gasteiger partial charge in [0.2, 0.25) is 0 Å². The minimum absolute atomic E-state index is 0.171. The maximum absolute atomic E-state index is 12.5. The van der Waals surface area contributed by atoms with E-state index in [1.807, 2.05) is 19.1 Å². The quantitative estimate of drug-likeness (QED) is 0.569. The summed E-state index contributed by atoms with van der Waals surface area (Å²) >= 11 is 0. The summed E-state index contributed by atoms with van der Waals surface area (Å²) in [5.74, 6) is -0.171. The smallest absolute Gasteiger partial charge is 0.338 e. The van der Waals surface area contributed by atoms with Crippen molar-refractivity contribution in [2.45, 2.75) is 45.8 Å². The molecule has 2 rings (SSSR count). The van der Waals surface area contributed by atoms with Gasteiger partial charge in [0.15, 0.2) is 0 Å². The predicted octanol–water partition coefficient (Wildman–Crippen LogP) is 4.73. The van der Waals surface area contributed by atoms with Crippen LogP contribution in [0.1, 0.15) is 38.1 Å². The summed E-state index contributed by atoms with van der Waals surface area (Å²) in [5.41, 5.74) is 0.790. The first kappa shape index (κ1) is 16.8. The van der Waals surface area contributed by atoms with Crippen molar-refractivity contribution < 1.29 is 9.53 Å². The SMILES string of the molecule is CCOC(=O)c1cc2ccccc2cc1[Si](CC)(CC)CC. The number of carbonyl (C=O) groups excluding carboxylic acids is 1. The van der Waals surface area contributed by atoms with Gasteiger partial charge in [0.1, 0.15) is 0 Å². The van der Waals surface area contributed by atoms with Crippen LogP contribution in [0.4, 0.5) is 0 Å². The van der Waals surface area contributed by atoms with Gasteiger partial charge in [0, 0.05) is 0 Å². The van der Waals surface area contributed by atoms with Crippen LogP contribution in [0.3, 0.4) is 0 Å². The lowest BCUT2D eigenvalue weighted by Gasteiger charge is -2.30. The second kappa shape index (κ2) is 7.10. The number of ether oxygens (including phenoxy) is 1. The topological polar surface area (TPSA) is 26.3 Å². The van der Waals surface area contributed by atoms with Crippen LogP contribution in [-0.2, 0) is 4.74 Å². The summed E-state index contributed by atoms with van der Waals surface area (Å²) in [6, 6.07) is 16.0. The van der Waals surface area contributed by atoms with E-state index in [0.717, 1.165) is 29.1 Å². The fraction of sp³-hybridized carbons (Fsp3) is 0.421. The number of benzene rings is 2. The number of hydrogen-bond donors (Lipinski definition) is 0. The summed E-state index contributed by atoms with van der Waals surface area (Å²) in [5, 5.41) is 3.61. The standard InChI is InChI=1S/C19H26O2Si/c1-5-21-19(20)17-13-15-11-9-10-12-16(15)14-18(17)22(6-2,7-3)8-4/h9-14H,5-8H2,1-4H3. The van der Waals surface area contributed by atoms with Crippen molar-refractivity contribution in [2.24, 2.45) is 0 Å². The normalized spacial score (nSPS) is 11.6. The molecule has 2 aromatic rings. The van der Waals surface area contributed by atoms with Crippen LogP contribution >= 0.6 is 0 Å². The number of rotatable bonds is 6. The van der Waals surface area contributed by atoms with Gasteiger partial charge < -0.3 is 4.74 Å². The highest BCUT2D eigenvalue weighted by atomic mass is 28.3. The summed E-state index contributed by atoms with van der Waals surface area (Å²) in [6.45, 7) is 9.09. The largest absolute Gasteiger partial charge is 0.462 e. The van der Waals surface area contributed by atoms with E-state index in [-0.39, 0.29) is 5.97 Å². The Balaban J connectivity index is 2.73. The molecule has 0 radical (unpaired) electrons. The zero-order chi connectivity index (χ0) is 16.2. The summed E-state index contributed by atoms with van der Waals surface area (Å²) in [6.07, 6.45) is 0. The fourth-order valence-electron chi connectivity index (χ4n) is 3.38. The van der Waals surface area contributed by atoms with Crippen molar-refractivity contribution in [3.63, 3.8) is 0 Å². The van der Waals surface area contributed by atoms with E-state index < -0.39 is 8.07 Å². The van der Waals surface area contributed by atoms with Gasteiger partial charge in [0.25, 0.3) is 0 Å². The van der Waals surface area contributed by atoms with Crippen LogP contribution < -0.4 is 5.19 Å². The minimum atomic E-state index is -1.65. The first-order valence-electron chi connectivity index (χ1n) is 8.32. The molecule has 0 bridgehead atoms. The Morgan fingerprint density at radius 3 is 2.00 bits per heavy atom. The molecule has 22 heavy (non-hydrogen) atoms. The third-order valence-electron chi connectivity index (χ3n) is 4.98. The Kier molecular flexibility index (Phi) is 5.41. The Hall–Kier alpha value is -1.61. The molecule has 0 amide bonds. The molecule has 0 heterocycles. The number of fused-ring (bicyclic) bond motifs is 1. The molecule has 0 aliphatic heterocycles. The third kappa shape index (κ3) is 2.95. The molecule has 0 unspecified atom stereocenters. The van der Waals surface area contributed by atoms with Gasteiger partial charge in [0.05, 0.1) is 20.2 Å². The molecule has 0 aromatic heterocycles. The van der Waals surface area contributed by atoms with Crippen LogP contribution in [0.25, 0.3) is 10.8 Å². The van der Waals surface area contributed by atoms with Gasteiger partial charge in [-0.3, -0.25) is 0 Å². The van der Waals surface area contributed by atoms with E-state index in [9.17, 15) is 4.79 Å². The van der Waals surface area contributed by atoms with Gasteiger partial charge >= 0.3 is 5.97 Å². The maximum Gasteiger partial charge on any atom is 0.338 e. The van der Waals surface area contributed by atoms with Crippen LogP contribution in [0.2, 0.25) is 18.1 Å². The minimum Gasteiger partial charge on any atom is -0.462 e. The monoisotopic (exact) mass is 314 g/mol. The molecule has 0 atom stereocenters. The highest BCUT2D eigenvalue weighted by molar-refractivity contribution is 6.92. The summed E-state index contributed by atoms with van der Waals surface area (Å²) in [4.78, 5) is 12.5. The molecule has 0 N–H and O–H groups in total. The van der Waals surface area contributed by atoms with Gasteiger partial charge in [-0.15, -0.1) is 0 Å². The Morgan fingerprint density at radius 2 is 1.50 bits per heavy atom. The second-order valence-electron chi connectivity index (χ2n) is 5.81. The molecule has 0 saturated heterocycles. The molecule has 2 nitrogen and oxygen atoms in total. The maximum atomic E-state index is 12.5. The molecule has 0 spiro atoms. The molecular weight excluding hydrogens is 288 g/mol. The first-order valence-corrected chi connectivity index (χ1v) is 10.9. The van der Waals surface area contributed by atoms with Crippen LogP contribution in [0.15, 0.2) is 36.4 Å². The average Bonchev–Trinajstić information content (AvgIpc) is 2.56. The Bertz CT molecular complexity index is 651. The number of carbonyl (C=O) groups is 1. The second-order valence-corrected chi connectivity index (χ2v) is 11.0. The van der Waals surface area contributed by atoms with Crippen LogP contribution in [0, 0.1) is 0 Å². The van der Waals surface area contributed by atoms with Gasteiger partial charge in [-0.2, -0.15) is 0 Å². The molecule has 0 aliphatic rings. The average molecular weight is 315 g/mol.